The first kappa shape index (κ1) is 19.7. The highest BCUT2D eigenvalue weighted by Crippen LogP contribution is 2.13. The number of hydrogen-bond donors (Lipinski definition) is 1. The lowest BCUT2D eigenvalue weighted by molar-refractivity contribution is -0.124. The average Bonchev–Trinajstić information content (AvgIpc) is 2.66. The lowest BCUT2D eigenvalue weighted by Gasteiger charge is -2.15. The molecule has 0 radical (unpaired) electrons. The first-order chi connectivity index (χ1) is 12.5. The molecule has 2 rings (SSSR count). The second-order valence-electron chi connectivity index (χ2n) is 6.27. The van der Waals surface area contributed by atoms with Crippen LogP contribution in [0, 0.1) is 5.92 Å². The molecular formula is C20H25NO5. The molecule has 6 heteroatoms. The molecule has 1 aromatic carbocycles. The van der Waals surface area contributed by atoms with Crippen LogP contribution in [0.1, 0.15) is 50.1 Å². The minimum absolute atomic E-state index is 0.212. The first-order valence-corrected chi connectivity index (χ1v) is 9.01. The molecule has 1 heterocycles. The van der Waals surface area contributed by atoms with Crippen molar-refractivity contribution in [3.05, 3.63) is 46.3 Å². The molecular weight excluding hydrogens is 334 g/mol. The topological polar surface area (TPSA) is 85.6 Å². The van der Waals surface area contributed by atoms with Crippen LogP contribution in [0.3, 0.4) is 0 Å². The molecule has 2 aromatic rings. The average molecular weight is 359 g/mol. The van der Waals surface area contributed by atoms with Crippen molar-refractivity contribution in [2.24, 2.45) is 5.92 Å². The summed E-state index contributed by atoms with van der Waals surface area (Å²) < 4.78 is 10.3. The molecule has 0 fully saturated rings. The van der Waals surface area contributed by atoms with Crippen LogP contribution in [0.5, 0.6) is 0 Å². The molecule has 140 valence electrons. The van der Waals surface area contributed by atoms with Gasteiger partial charge in [-0.1, -0.05) is 45.2 Å². The van der Waals surface area contributed by atoms with Crippen LogP contribution in [0.15, 0.2) is 39.5 Å². The Kier molecular flexibility index (Phi) is 7.38. The van der Waals surface area contributed by atoms with Crippen molar-refractivity contribution in [3.8, 4) is 0 Å². The van der Waals surface area contributed by atoms with E-state index in [1.165, 1.54) is 0 Å². The summed E-state index contributed by atoms with van der Waals surface area (Å²) in [4.78, 5) is 35.9. The molecule has 0 unspecified atom stereocenters. The third kappa shape index (κ3) is 5.44. The molecule has 1 N–H and O–H groups in total. The molecule has 0 spiro atoms. The third-order valence-electron chi connectivity index (χ3n) is 4.30. The van der Waals surface area contributed by atoms with Gasteiger partial charge in [0, 0.05) is 12.6 Å². The van der Waals surface area contributed by atoms with E-state index < -0.39 is 12.6 Å². The van der Waals surface area contributed by atoms with Crippen LogP contribution in [-0.4, -0.2) is 25.0 Å². The second kappa shape index (κ2) is 9.75. The van der Waals surface area contributed by atoms with Gasteiger partial charge in [0.15, 0.2) is 12.0 Å². The number of unbranched alkanes of at least 4 members (excludes halogenated alkanes) is 1. The van der Waals surface area contributed by atoms with Crippen LogP contribution < -0.4 is 10.7 Å². The van der Waals surface area contributed by atoms with Crippen molar-refractivity contribution >= 4 is 22.8 Å². The number of hydrogen-bond acceptors (Lipinski definition) is 5. The van der Waals surface area contributed by atoms with E-state index >= 15 is 0 Å². The van der Waals surface area contributed by atoms with E-state index in [9.17, 15) is 14.4 Å². The fourth-order valence-corrected chi connectivity index (χ4v) is 2.66. The van der Waals surface area contributed by atoms with Crippen molar-refractivity contribution < 1.29 is 18.7 Å². The molecule has 1 aromatic heterocycles. The fourth-order valence-electron chi connectivity index (χ4n) is 2.66. The number of nitrogens with one attached hydrogen (secondary N) is 1. The molecule has 0 aliphatic heterocycles. The van der Waals surface area contributed by atoms with Crippen LogP contribution in [0.2, 0.25) is 0 Å². The number of ether oxygens (including phenoxy) is 1. The standard InChI is InChI=1S/C20H25NO5/c1-3-5-8-14(4-2)12-21-19(23)13-25-20(24)18-11-16(22)15-9-6-7-10-17(15)26-18/h6-7,9-11,14H,3-5,8,12-13H2,1-2H3,(H,21,23)/t14-/m0/s1. The number of amides is 1. The number of fused-ring (bicyclic) bond motifs is 1. The minimum Gasteiger partial charge on any atom is -0.450 e. The van der Waals surface area contributed by atoms with E-state index in [1.54, 1.807) is 24.3 Å². The molecule has 0 aliphatic carbocycles. The third-order valence-corrected chi connectivity index (χ3v) is 4.30. The van der Waals surface area contributed by atoms with Gasteiger partial charge in [-0.2, -0.15) is 0 Å². The maximum Gasteiger partial charge on any atom is 0.374 e. The monoisotopic (exact) mass is 359 g/mol. The highest BCUT2D eigenvalue weighted by molar-refractivity contribution is 5.90. The Morgan fingerprint density at radius 3 is 2.73 bits per heavy atom. The zero-order valence-electron chi connectivity index (χ0n) is 15.2. The normalized spacial score (nSPS) is 11.9. The molecule has 26 heavy (non-hydrogen) atoms. The van der Waals surface area contributed by atoms with Crippen molar-refractivity contribution in [3.63, 3.8) is 0 Å². The number of carbonyl (C=O) groups excluding carboxylic acids is 2. The minimum atomic E-state index is -0.832. The van der Waals surface area contributed by atoms with E-state index in [4.69, 9.17) is 9.15 Å². The van der Waals surface area contributed by atoms with Gasteiger partial charge in [0.25, 0.3) is 5.91 Å². The summed E-state index contributed by atoms with van der Waals surface area (Å²) in [6.07, 6.45) is 4.31. The number of para-hydroxylation sites is 1. The highest BCUT2D eigenvalue weighted by atomic mass is 16.5. The number of esters is 1. The summed E-state index contributed by atoms with van der Waals surface area (Å²) in [5, 5.41) is 3.17. The maximum atomic E-state index is 12.0. The van der Waals surface area contributed by atoms with E-state index in [0.717, 1.165) is 31.7 Å². The van der Waals surface area contributed by atoms with Gasteiger partial charge in [-0.15, -0.1) is 0 Å². The van der Waals surface area contributed by atoms with Gasteiger partial charge in [0.2, 0.25) is 5.76 Å². The zero-order chi connectivity index (χ0) is 18.9. The summed E-state index contributed by atoms with van der Waals surface area (Å²) in [5.41, 5.74) is -0.0249. The van der Waals surface area contributed by atoms with Crippen LogP contribution in [-0.2, 0) is 9.53 Å². The Labute approximate surface area is 152 Å². The lowest BCUT2D eigenvalue weighted by atomic mass is 9.99. The Hall–Kier alpha value is -2.63. The second-order valence-corrected chi connectivity index (χ2v) is 6.27. The molecule has 0 aliphatic rings. The Morgan fingerprint density at radius 1 is 1.23 bits per heavy atom. The lowest BCUT2D eigenvalue weighted by Crippen LogP contribution is -2.33. The predicted octanol–water partition coefficient (Wildman–Crippen LogP) is 3.28. The van der Waals surface area contributed by atoms with Crippen LogP contribution in [0.25, 0.3) is 11.0 Å². The quantitative estimate of drug-likeness (QED) is 0.695. The molecule has 6 nitrogen and oxygen atoms in total. The summed E-state index contributed by atoms with van der Waals surface area (Å²) in [7, 11) is 0. The van der Waals surface area contributed by atoms with E-state index in [0.29, 0.717) is 23.4 Å². The molecule has 1 amide bonds. The maximum absolute atomic E-state index is 12.0. The molecule has 1 atom stereocenters. The number of benzene rings is 1. The zero-order valence-corrected chi connectivity index (χ0v) is 15.2. The van der Waals surface area contributed by atoms with Gasteiger partial charge < -0.3 is 14.5 Å². The smallest absolute Gasteiger partial charge is 0.374 e. The Morgan fingerprint density at radius 2 is 2.00 bits per heavy atom. The number of carbonyl (C=O) groups is 2. The summed E-state index contributed by atoms with van der Waals surface area (Å²) in [6, 6.07) is 7.72. The van der Waals surface area contributed by atoms with Gasteiger partial charge in [-0.05, 0) is 24.5 Å². The highest BCUT2D eigenvalue weighted by Gasteiger charge is 2.16. The van der Waals surface area contributed by atoms with Gasteiger partial charge in [0.1, 0.15) is 5.58 Å². The largest absolute Gasteiger partial charge is 0.450 e. The van der Waals surface area contributed by atoms with E-state index in [1.807, 2.05) is 0 Å². The van der Waals surface area contributed by atoms with Crippen molar-refractivity contribution in [2.75, 3.05) is 13.2 Å². The summed E-state index contributed by atoms with van der Waals surface area (Å²) in [5.74, 6) is -0.985. The predicted molar refractivity (Wildman–Crippen MR) is 99.1 cm³/mol. The molecule has 0 saturated carbocycles. The van der Waals surface area contributed by atoms with E-state index in [-0.39, 0.29) is 17.1 Å². The Balaban J connectivity index is 1.88. The summed E-state index contributed by atoms with van der Waals surface area (Å²) in [6.45, 7) is 4.39. The van der Waals surface area contributed by atoms with Crippen molar-refractivity contribution in [1.82, 2.24) is 5.32 Å². The van der Waals surface area contributed by atoms with Gasteiger partial charge in [-0.25, -0.2) is 4.79 Å². The fraction of sp³-hybridized carbons (Fsp3) is 0.450. The summed E-state index contributed by atoms with van der Waals surface area (Å²) >= 11 is 0. The molecule has 0 bridgehead atoms. The first-order valence-electron chi connectivity index (χ1n) is 9.01. The van der Waals surface area contributed by atoms with Crippen molar-refractivity contribution in [2.45, 2.75) is 39.5 Å². The van der Waals surface area contributed by atoms with Crippen LogP contribution >= 0.6 is 0 Å². The SMILES string of the molecule is CCCC[C@H](CC)CNC(=O)COC(=O)c1cc(=O)c2ccccc2o1. The molecule has 0 saturated heterocycles. The Bertz CT molecular complexity index is 811. The van der Waals surface area contributed by atoms with E-state index in [2.05, 4.69) is 19.2 Å². The van der Waals surface area contributed by atoms with Gasteiger partial charge in [0.05, 0.1) is 5.39 Å². The van der Waals surface area contributed by atoms with Crippen molar-refractivity contribution in [1.29, 1.82) is 0 Å². The van der Waals surface area contributed by atoms with Crippen LogP contribution in [0.4, 0.5) is 0 Å². The number of rotatable bonds is 9. The van der Waals surface area contributed by atoms with Gasteiger partial charge >= 0.3 is 5.97 Å². The van der Waals surface area contributed by atoms with Gasteiger partial charge in [-0.3, -0.25) is 9.59 Å².